The second kappa shape index (κ2) is 8.77. The maximum atomic E-state index is 12.2. The Morgan fingerprint density at radius 2 is 1.68 bits per heavy atom. The first-order valence-electron chi connectivity index (χ1n) is 8.20. The minimum Gasteiger partial charge on any atom is -0.490 e. The van der Waals surface area contributed by atoms with E-state index < -0.39 is 16.0 Å². The van der Waals surface area contributed by atoms with Gasteiger partial charge in [-0.3, -0.25) is 4.72 Å². The summed E-state index contributed by atoms with van der Waals surface area (Å²) in [4.78, 5) is 11.1. The zero-order chi connectivity index (χ0) is 20.0. The molecule has 3 rings (SSSR count). The molecule has 0 fully saturated rings. The van der Waals surface area contributed by atoms with Gasteiger partial charge in [0.15, 0.2) is 0 Å². The van der Waals surface area contributed by atoms with Gasteiger partial charge in [-0.1, -0.05) is 18.2 Å². The van der Waals surface area contributed by atoms with Crippen LogP contribution >= 0.6 is 11.3 Å². The van der Waals surface area contributed by atoms with Crippen molar-refractivity contribution >= 4 is 33.0 Å². The lowest BCUT2D eigenvalue weighted by Crippen LogP contribution is -2.12. The zero-order valence-electron chi connectivity index (χ0n) is 14.6. The van der Waals surface area contributed by atoms with Crippen LogP contribution in [0.1, 0.15) is 10.4 Å². The molecule has 146 valence electrons. The number of para-hydroxylation sites is 1. The second-order valence-electron chi connectivity index (χ2n) is 5.56. The van der Waals surface area contributed by atoms with Crippen LogP contribution in [0.5, 0.6) is 11.5 Å². The Bertz CT molecular complexity index is 1030. The van der Waals surface area contributed by atoms with Crippen LogP contribution in [0.4, 0.5) is 5.69 Å². The standard InChI is InChI=1S/C19H17NO6S2/c21-19(22)16-4-1-2-5-17(16)26-12-11-25-15-9-7-14(8-10-15)20-28(23,24)18-6-3-13-27-18/h1-10,13,20H,11-12H2,(H,21,22). The van der Waals surface area contributed by atoms with Crippen molar-refractivity contribution in [2.75, 3.05) is 17.9 Å². The smallest absolute Gasteiger partial charge is 0.339 e. The number of anilines is 1. The second-order valence-corrected chi connectivity index (χ2v) is 8.42. The van der Waals surface area contributed by atoms with Crippen LogP contribution in [-0.2, 0) is 10.0 Å². The SMILES string of the molecule is O=C(O)c1ccccc1OCCOc1ccc(NS(=O)(=O)c2cccs2)cc1. The van der Waals surface area contributed by atoms with Gasteiger partial charge in [0.1, 0.15) is 34.5 Å². The topological polar surface area (TPSA) is 102 Å². The summed E-state index contributed by atoms with van der Waals surface area (Å²) in [5, 5.41) is 10.8. The van der Waals surface area contributed by atoms with E-state index in [9.17, 15) is 13.2 Å². The van der Waals surface area contributed by atoms with E-state index in [1.165, 1.54) is 12.1 Å². The van der Waals surface area contributed by atoms with Gasteiger partial charge in [0.05, 0.1) is 0 Å². The highest BCUT2D eigenvalue weighted by molar-refractivity contribution is 7.94. The average Bonchev–Trinajstić information content (AvgIpc) is 3.22. The number of hydrogen-bond donors (Lipinski definition) is 2. The first-order valence-corrected chi connectivity index (χ1v) is 10.6. The molecule has 0 saturated carbocycles. The van der Waals surface area contributed by atoms with Gasteiger partial charge in [0, 0.05) is 5.69 Å². The number of carboxylic acids is 1. The van der Waals surface area contributed by atoms with Crippen molar-refractivity contribution in [3.05, 3.63) is 71.6 Å². The quantitative estimate of drug-likeness (QED) is 0.513. The summed E-state index contributed by atoms with van der Waals surface area (Å²) in [5.41, 5.74) is 0.511. The van der Waals surface area contributed by atoms with Gasteiger partial charge >= 0.3 is 5.97 Å². The maximum Gasteiger partial charge on any atom is 0.339 e. The molecule has 0 aliphatic rings. The molecule has 7 nitrogen and oxygen atoms in total. The molecular formula is C19H17NO6S2. The number of ether oxygens (including phenoxy) is 2. The zero-order valence-corrected chi connectivity index (χ0v) is 16.2. The predicted octanol–water partition coefficient (Wildman–Crippen LogP) is 3.70. The van der Waals surface area contributed by atoms with Crippen molar-refractivity contribution < 1.29 is 27.8 Å². The Morgan fingerprint density at radius 3 is 2.36 bits per heavy atom. The molecule has 0 aliphatic carbocycles. The largest absolute Gasteiger partial charge is 0.490 e. The number of carbonyl (C=O) groups is 1. The number of rotatable bonds is 9. The Hall–Kier alpha value is -3.04. The van der Waals surface area contributed by atoms with Gasteiger partial charge in [0.2, 0.25) is 0 Å². The fourth-order valence-corrected chi connectivity index (χ4v) is 4.37. The number of sulfonamides is 1. The molecule has 28 heavy (non-hydrogen) atoms. The highest BCUT2D eigenvalue weighted by Crippen LogP contribution is 2.22. The summed E-state index contributed by atoms with van der Waals surface area (Å²) in [6.45, 7) is 0.366. The maximum absolute atomic E-state index is 12.2. The molecule has 0 atom stereocenters. The summed E-state index contributed by atoms with van der Waals surface area (Å²) in [7, 11) is -3.59. The van der Waals surface area contributed by atoms with Crippen LogP contribution in [0.25, 0.3) is 0 Å². The van der Waals surface area contributed by atoms with E-state index in [0.717, 1.165) is 11.3 Å². The van der Waals surface area contributed by atoms with Gasteiger partial charge in [-0.2, -0.15) is 0 Å². The predicted molar refractivity (Wildman–Crippen MR) is 106 cm³/mol. The van der Waals surface area contributed by atoms with E-state index in [1.807, 2.05) is 0 Å². The van der Waals surface area contributed by atoms with Crippen LogP contribution in [-0.4, -0.2) is 32.7 Å². The third kappa shape index (κ3) is 5.02. The van der Waals surface area contributed by atoms with E-state index in [4.69, 9.17) is 14.6 Å². The monoisotopic (exact) mass is 419 g/mol. The molecule has 2 N–H and O–H groups in total. The molecule has 2 aromatic carbocycles. The highest BCUT2D eigenvalue weighted by Gasteiger charge is 2.15. The first kappa shape index (κ1) is 19.7. The molecular weight excluding hydrogens is 402 g/mol. The van der Waals surface area contributed by atoms with Crippen LogP contribution in [0.3, 0.4) is 0 Å². The molecule has 0 bridgehead atoms. The third-order valence-corrected chi connectivity index (χ3v) is 6.37. The minimum atomic E-state index is -3.59. The summed E-state index contributed by atoms with van der Waals surface area (Å²) < 4.78 is 38.1. The lowest BCUT2D eigenvalue weighted by molar-refractivity contribution is 0.0691. The number of hydrogen-bond acceptors (Lipinski definition) is 6. The van der Waals surface area contributed by atoms with Crippen LogP contribution in [0, 0.1) is 0 Å². The lowest BCUT2D eigenvalue weighted by Gasteiger charge is -2.11. The van der Waals surface area contributed by atoms with Crippen molar-refractivity contribution in [2.45, 2.75) is 4.21 Å². The molecule has 1 heterocycles. The fourth-order valence-electron chi connectivity index (χ4n) is 2.32. The first-order chi connectivity index (χ1) is 13.5. The number of thiophene rings is 1. The highest BCUT2D eigenvalue weighted by atomic mass is 32.2. The number of nitrogens with one attached hydrogen (secondary N) is 1. The molecule has 0 radical (unpaired) electrons. The van der Waals surface area contributed by atoms with Crippen molar-refractivity contribution in [3.8, 4) is 11.5 Å². The molecule has 0 aliphatic heterocycles. The van der Waals surface area contributed by atoms with E-state index >= 15 is 0 Å². The van der Waals surface area contributed by atoms with Gasteiger partial charge in [0.25, 0.3) is 10.0 Å². The van der Waals surface area contributed by atoms with E-state index in [0.29, 0.717) is 11.4 Å². The normalized spacial score (nSPS) is 11.0. The molecule has 0 saturated heterocycles. The fraction of sp³-hybridized carbons (Fsp3) is 0.105. The van der Waals surface area contributed by atoms with Crippen molar-refractivity contribution in [3.63, 3.8) is 0 Å². The van der Waals surface area contributed by atoms with E-state index in [1.54, 1.807) is 53.9 Å². The van der Waals surface area contributed by atoms with Crippen molar-refractivity contribution in [1.82, 2.24) is 0 Å². The summed E-state index contributed by atoms with van der Waals surface area (Å²) in [6, 6.07) is 16.0. The Morgan fingerprint density at radius 1 is 0.964 bits per heavy atom. The Balaban J connectivity index is 1.51. The summed E-state index contributed by atoms with van der Waals surface area (Å²) >= 11 is 1.14. The number of benzene rings is 2. The molecule has 0 unspecified atom stereocenters. The van der Waals surface area contributed by atoms with Gasteiger partial charge < -0.3 is 14.6 Å². The molecule has 9 heteroatoms. The number of aromatic carboxylic acids is 1. The summed E-state index contributed by atoms with van der Waals surface area (Å²) in [5.74, 6) is -0.247. The van der Waals surface area contributed by atoms with Crippen LogP contribution < -0.4 is 14.2 Å². The number of carboxylic acid groups (broad SMARTS) is 1. The average molecular weight is 419 g/mol. The molecule has 0 spiro atoms. The van der Waals surface area contributed by atoms with E-state index in [2.05, 4.69) is 4.72 Å². The van der Waals surface area contributed by atoms with Crippen LogP contribution in [0.2, 0.25) is 0 Å². The third-order valence-electron chi connectivity index (χ3n) is 3.59. The molecule has 0 amide bonds. The Kier molecular flexibility index (Phi) is 6.17. The van der Waals surface area contributed by atoms with Gasteiger partial charge in [-0.05, 0) is 47.8 Å². The molecule has 1 aromatic heterocycles. The lowest BCUT2D eigenvalue weighted by atomic mass is 10.2. The van der Waals surface area contributed by atoms with E-state index in [-0.39, 0.29) is 28.7 Å². The van der Waals surface area contributed by atoms with Gasteiger partial charge in [-0.25, -0.2) is 13.2 Å². The van der Waals surface area contributed by atoms with Crippen molar-refractivity contribution in [2.24, 2.45) is 0 Å². The van der Waals surface area contributed by atoms with Gasteiger partial charge in [-0.15, -0.1) is 11.3 Å². The molecule has 3 aromatic rings. The summed E-state index contributed by atoms with van der Waals surface area (Å²) in [6.07, 6.45) is 0. The van der Waals surface area contributed by atoms with Crippen LogP contribution in [0.15, 0.2) is 70.3 Å². The minimum absolute atomic E-state index is 0.0878. The van der Waals surface area contributed by atoms with Crippen molar-refractivity contribution in [1.29, 1.82) is 0 Å². The Labute approximate surface area is 166 Å².